The maximum Gasteiger partial charge on any atom is 0.277 e. The van der Waals surface area contributed by atoms with Crippen LogP contribution in [-0.4, -0.2) is 27.0 Å². The molecular weight excluding hydrogens is 426 g/mol. The van der Waals surface area contributed by atoms with Crippen LogP contribution in [0, 0.1) is 6.92 Å². The van der Waals surface area contributed by atoms with Gasteiger partial charge in [-0.15, -0.1) is 0 Å². The number of H-pyrrole nitrogens is 1. The van der Waals surface area contributed by atoms with Gasteiger partial charge < -0.3 is 14.6 Å². The van der Waals surface area contributed by atoms with Crippen LogP contribution in [0.1, 0.15) is 22.3 Å². The summed E-state index contributed by atoms with van der Waals surface area (Å²) in [5.41, 5.74) is 3.18. The highest BCUT2D eigenvalue weighted by Gasteiger charge is 2.09. The number of aromatic amines is 1. The molecule has 32 heavy (non-hydrogen) atoms. The number of halogens is 1. The fourth-order valence-corrected chi connectivity index (χ4v) is 3.32. The Morgan fingerprint density at radius 2 is 1.75 bits per heavy atom. The predicted molar refractivity (Wildman–Crippen MR) is 125 cm³/mol. The number of hydrogen-bond acceptors (Lipinski definition) is 6. The predicted octanol–water partition coefficient (Wildman–Crippen LogP) is 4.54. The number of nitrogens with zero attached hydrogens (tertiary/aromatic N) is 4. The van der Waals surface area contributed by atoms with E-state index in [1.165, 1.54) is 6.33 Å². The first-order chi connectivity index (χ1) is 15.5. The summed E-state index contributed by atoms with van der Waals surface area (Å²) in [4.78, 5) is 29.6. The monoisotopic (exact) mass is 447 g/mol. The Morgan fingerprint density at radius 1 is 1.03 bits per heavy atom. The number of aryl methyl sites for hydroxylation is 1. The number of nitrogens with one attached hydrogen (secondary N) is 1. The van der Waals surface area contributed by atoms with Gasteiger partial charge in [0.2, 0.25) is 5.95 Å². The van der Waals surface area contributed by atoms with Gasteiger partial charge in [0.15, 0.2) is 0 Å². The zero-order chi connectivity index (χ0) is 22.5. The highest BCUT2D eigenvalue weighted by molar-refractivity contribution is 6.31. The molecule has 0 radical (unpaired) electrons. The standard InChI is InChI=1S/C24H22ClN5O2/c1-16-9-21(7-8-22(16)25)32-20-5-3-17(4-6-20)14-30(2)24-28-13-19(23(31)29-24)10-18-11-26-15-27-12-18/h3-9,11-13,15H,10,14H2,1-2H3,(H,28,29,31). The first kappa shape index (κ1) is 21.5. The zero-order valence-corrected chi connectivity index (χ0v) is 18.5. The van der Waals surface area contributed by atoms with E-state index in [-0.39, 0.29) is 5.56 Å². The second kappa shape index (κ2) is 9.62. The van der Waals surface area contributed by atoms with Crippen molar-refractivity contribution in [1.82, 2.24) is 19.9 Å². The molecule has 0 saturated heterocycles. The maximum atomic E-state index is 12.4. The molecule has 0 aliphatic carbocycles. The van der Waals surface area contributed by atoms with Gasteiger partial charge in [0.1, 0.15) is 17.8 Å². The van der Waals surface area contributed by atoms with Gasteiger partial charge in [-0.05, 0) is 53.9 Å². The molecule has 2 heterocycles. The third-order valence-corrected chi connectivity index (χ3v) is 5.36. The Hall–Kier alpha value is -3.71. The molecule has 0 amide bonds. The maximum absolute atomic E-state index is 12.4. The topological polar surface area (TPSA) is 84.0 Å². The lowest BCUT2D eigenvalue weighted by Gasteiger charge is -2.18. The number of benzene rings is 2. The van der Waals surface area contributed by atoms with Crippen molar-refractivity contribution in [3.05, 3.63) is 105 Å². The smallest absolute Gasteiger partial charge is 0.277 e. The van der Waals surface area contributed by atoms with Crippen molar-refractivity contribution in [1.29, 1.82) is 0 Å². The van der Waals surface area contributed by atoms with Crippen molar-refractivity contribution in [2.24, 2.45) is 0 Å². The molecule has 0 fully saturated rings. The number of ether oxygens (including phenoxy) is 1. The van der Waals surface area contributed by atoms with Crippen molar-refractivity contribution in [2.75, 3.05) is 11.9 Å². The lowest BCUT2D eigenvalue weighted by Crippen LogP contribution is -2.24. The van der Waals surface area contributed by atoms with Crippen LogP contribution >= 0.6 is 11.6 Å². The van der Waals surface area contributed by atoms with Gasteiger partial charge in [0.25, 0.3) is 5.56 Å². The average molecular weight is 448 g/mol. The third-order valence-electron chi connectivity index (χ3n) is 4.94. The van der Waals surface area contributed by atoms with E-state index in [2.05, 4.69) is 19.9 Å². The van der Waals surface area contributed by atoms with E-state index >= 15 is 0 Å². The number of hydrogen-bond donors (Lipinski definition) is 1. The molecule has 0 aliphatic rings. The fraction of sp³-hybridized carbons (Fsp3) is 0.167. The van der Waals surface area contributed by atoms with Crippen LogP contribution < -0.4 is 15.2 Å². The summed E-state index contributed by atoms with van der Waals surface area (Å²) in [6.45, 7) is 2.52. The fourth-order valence-electron chi connectivity index (χ4n) is 3.21. The highest BCUT2D eigenvalue weighted by atomic mass is 35.5. The van der Waals surface area contributed by atoms with Gasteiger partial charge in [0.05, 0.1) is 0 Å². The van der Waals surface area contributed by atoms with Crippen LogP contribution in [0.3, 0.4) is 0 Å². The van der Waals surface area contributed by atoms with Crippen LogP contribution in [0.4, 0.5) is 5.95 Å². The minimum absolute atomic E-state index is 0.267. The van der Waals surface area contributed by atoms with E-state index in [0.717, 1.165) is 28.2 Å². The third kappa shape index (κ3) is 5.31. The first-order valence-corrected chi connectivity index (χ1v) is 10.4. The Kier molecular flexibility index (Phi) is 6.47. The SMILES string of the molecule is Cc1cc(Oc2ccc(CN(C)c3nc(=O)c(Cc4cncnc4)c[nH]3)cc2)ccc1Cl. The van der Waals surface area contributed by atoms with Crippen molar-refractivity contribution in [2.45, 2.75) is 19.9 Å². The van der Waals surface area contributed by atoms with Crippen LogP contribution in [0.15, 0.2) is 72.2 Å². The van der Waals surface area contributed by atoms with Crippen molar-refractivity contribution in [3.8, 4) is 11.5 Å². The summed E-state index contributed by atoms with van der Waals surface area (Å²) in [5, 5.41) is 0.713. The van der Waals surface area contributed by atoms with Crippen LogP contribution in [0.25, 0.3) is 0 Å². The quantitative estimate of drug-likeness (QED) is 0.447. The van der Waals surface area contributed by atoms with Crippen molar-refractivity contribution in [3.63, 3.8) is 0 Å². The molecule has 7 nitrogen and oxygen atoms in total. The molecule has 4 aromatic rings. The second-order valence-corrected chi connectivity index (χ2v) is 7.90. The van der Waals surface area contributed by atoms with Crippen LogP contribution in [0.2, 0.25) is 5.02 Å². The van der Waals surface area contributed by atoms with E-state index in [9.17, 15) is 4.79 Å². The van der Waals surface area contributed by atoms with Gasteiger partial charge in [0, 0.05) is 49.2 Å². The summed E-state index contributed by atoms with van der Waals surface area (Å²) in [6.07, 6.45) is 6.96. The largest absolute Gasteiger partial charge is 0.457 e. The molecule has 4 rings (SSSR count). The first-order valence-electron chi connectivity index (χ1n) is 10.0. The van der Waals surface area contributed by atoms with Crippen LogP contribution in [0.5, 0.6) is 11.5 Å². The van der Waals surface area contributed by atoms with E-state index < -0.39 is 0 Å². The molecule has 0 saturated carbocycles. The highest BCUT2D eigenvalue weighted by Crippen LogP contribution is 2.26. The molecule has 2 aromatic carbocycles. The molecule has 162 valence electrons. The molecule has 1 N–H and O–H groups in total. The minimum Gasteiger partial charge on any atom is -0.457 e. The normalized spacial score (nSPS) is 10.7. The number of anilines is 1. The second-order valence-electron chi connectivity index (χ2n) is 7.49. The summed E-state index contributed by atoms with van der Waals surface area (Å²) < 4.78 is 5.90. The summed E-state index contributed by atoms with van der Waals surface area (Å²) >= 11 is 6.07. The average Bonchev–Trinajstić information content (AvgIpc) is 2.79. The Morgan fingerprint density at radius 3 is 2.44 bits per heavy atom. The summed E-state index contributed by atoms with van der Waals surface area (Å²) in [7, 11) is 1.88. The van der Waals surface area contributed by atoms with Crippen LogP contribution in [-0.2, 0) is 13.0 Å². The number of aromatic nitrogens is 4. The van der Waals surface area contributed by atoms with Gasteiger partial charge >= 0.3 is 0 Å². The molecule has 0 unspecified atom stereocenters. The molecular formula is C24H22ClN5O2. The van der Waals surface area contributed by atoms with E-state index in [1.54, 1.807) is 18.6 Å². The lowest BCUT2D eigenvalue weighted by molar-refractivity contribution is 0.482. The van der Waals surface area contributed by atoms with Gasteiger partial charge in [-0.1, -0.05) is 23.7 Å². The Bertz CT molecular complexity index is 1260. The molecule has 0 spiro atoms. The zero-order valence-electron chi connectivity index (χ0n) is 17.7. The van der Waals surface area contributed by atoms with Crippen molar-refractivity contribution < 1.29 is 4.74 Å². The summed E-state index contributed by atoms with van der Waals surface area (Å²) in [5.74, 6) is 1.97. The van der Waals surface area contributed by atoms with Gasteiger partial charge in [-0.3, -0.25) is 4.79 Å². The Balaban J connectivity index is 1.40. The van der Waals surface area contributed by atoms with Gasteiger partial charge in [-0.25, -0.2) is 9.97 Å². The van der Waals surface area contributed by atoms with E-state index in [0.29, 0.717) is 29.5 Å². The Labute approximate surface area is 190 Å². The lowest BCUT2D eigenvalue weighted by atomic mass is 10.1. The van der Waals surface area contributed by atoms with E-state index in [1.807, 2.05) is 61.3 Å². The molecule has 0 aliphatic heterocycles. The van der Waals surface area contributed by atoms with Crippen molar-refractivity contribution >= 4 is 17.5 Å². The van der Waals surface area contributed by atoms with E-state index in [4.69, 9.17) is 16.3 Å². The molecule has 0 bridgehead atoms. The minimum atomic E-state index is -0.267. The summed E-state index contributed by atoms with van der Waals surface area (Å²) in [6, 6.07) is 13.4. The molecule has 8 heteroatoms. The molecule has 2 aromatic heterocycles. The number of rotatable bonds is 7. The van der Waals surface area contributed by atoms with Gasteiger partial charge in [-0.2, -0.15) is 4.98 Å². The molecule has 0 atom stereocenters.